The molecular weight excluding hydrogens is 390 g/mol. The molecule has 2 amide bonds. The molecule has 3 heterocycles. The van der Waals surface area contributed by atoms with Gasteiger partial charge in [0.05, 0.1) is 16.7 Å². The zero-order valence-electron chi connectivity index (χ0n) is 14.3. The van der Waals surface area contributed by atoms with Gasteiger partial charge in [0.1, 0.15) is 0 Å². The van der Waals surface area contributed by atoms with Gasteiger partial charge in [-0.1, -0.05) is 17.8 Å². The number of nitrogen functional groups attached to an aromatic ring is 1. The highest BCUT2D eigenvalue weighted by atomic mass is 32.2. The van der Waals surface area contributed by atoms with E-state index in [1.807, 2.05) is 0 Å². The van der Waals surface area contributed by atoms with E-state index in [0.717, 1.165) is 31.2 Å². The number of nitrogens with two attached hydrogens (primary N) is 1. The minimum Gasteiger partial charge on any atom is -0.382 e. The molecule has 27 heavy (non-hydrogen) atoms. The fourth-order valence-corrected chi connectivity index (χ4v) is 3.78. The van der Waals surface area contributed by atoms with Gasteiger partial charge in [0.15, 0.2) is 16.7 Å². The zero-order valence-corrected chi connectivity index (χ0v) is 16.0. The van der Waals surface area contributed by atoms with Crippen LogP contribution < -0.4 is 21.9 Å². The van der Waals surface area contributed by atoms with Gasteiger partial charge in [-0.05, 0) is 24.3 Å². The smallest absolute Gasteiger partial charge is 0.277 e. The Bertz CT molecular complexity index is 862. The van der Waals surface area contributed by atoms with Crippen molar-refractivity contribution in [3.63, 3.8) is 0 Å². The van der Waals surface area contributed by atoms with Gasteiger partial charge in [0.25, 0.3) is 11.5 Å². The average molecular weight is 409 g/mol. The molecule has 0 bridgehead atoms. The number of carbonyl (C=O) groups excluding carboxylic acids is 2. The molecule has 0 saturated carbocycles. The van der Waals surface area contributed by atoms with Crippen molar-refractivity contribution in [1.82, 2.24) is 15.3 Å². The van der Waals surface area contributed by atoms with Crippen LogP contribution in [0.25, 0.3) is 0 Å². The summed E-state index contributed by atoms with van der Waals surface area (Å²) in [5.41, 5.74) is 5.11. The molecule has 1 saturated heterocycles. The minimum absolute atomic E-state index is 0.0683. The van der Waals surface area contributed by atoms with Crippen molar-refractivity contribution < 1.29 is 14.3 Å². The Kier molecular flexibility index (Phi) is 6.48. The number of H-pyrrole nitrogens is 1. The number of aromatic nitrogens is 2. The van der Waals surface area contributed by atoms with Crippen LogP contribution in [0.5, 0.6) is 0 Å². The van der Waals surface area contributed by atoms with Crippen LogP contribution in [0, 0.1) is 0 Å². The minimum atomic E-state index is -0.574. The van der Waals surface area contributed by atoms with Crippen LogP contribution in [0.3, 0.4) is 0 Å². The molecule has 144 valence electrons. The number of thiophene rings is 1. The molecule has 0 spiro atoms. The second kappa shape index (κ2) is 9.02. The number of nitrogens with zero attached hydrogens (tertiary/aromatic N) is 1. The Labute approximate surface area is 163 Å². The van der Waals surface area contributed by atoms with Gasteiger partial charge >= 0.3 is 0 Å². The van der Waals surface area contributed by atoms with Crippen LogP contribution in [0.2, 0.25) is 0 Å². The van der Waals surface area contributed by atoms with E-state index in [9.17, 15) is 14.4 Å². The second-order valence-electron chi connectivity index (χ2n) is 5.79. The van der Waals surface area contributed by atoms with Crippen molar-refractivity contribution in [2.75, 3.05) is 30.0 Å². The molecule has 0 unspecified atom stereocenters. The zero-order chi connectivity index (χ0) is 19.2. The SMILES string of the molecule is Nc1nc(SCC(=O)NC[C@@H]2CCCO2)[nH]c(=O)c1NC(=O)c1cccs1. The Hall–Kier alpha value is -2.37. The molecule has 2 aromatic heterocycles. The second-order valence-corrected chi connectivity index (χ2v) is 7.70. The van der Waals surface area contributed by atoms with E-state index in [0.29, 0.717) is 11.4 Å². The molecule has 0 radical (unpaired) electrons. The van der Waals surface area contributed by atoms with Crippen molar-refractivity contribution in [2.45, 2.75) is 24.1 Å². The lowest BCUT2D eigenvalue weighted by Gasteiger charge is -2.11. The Morgan fingerprint density at radius 3 is 3.00 bits per heavy atom. The first kappa shape index (κ1) is 19.4. The molecular formula is C16H19N5O4S2. The van der Waals surface area contributed by atoms with Gasteiger partial charge in [-0.25, -0.2) is 4.98 Å². The highest BCUT2D eigenvalue weighted by molar-refractivity contribution is 7.99. The first-order valence-electron chi connectivity index (χ1n) is 8.28. The van der Waals surface area contributed by atoms with Crippen molar-refractivity contribution in [1.29, 1.82) is 0 Å². The van der Waals surface area contributed by atoms with Gasteiger partial charge in [0.2, 0.25) is 5.91 Å². The fraction of sp³-hybridized carbons (Fsp3) is 0.375. The first-order chi connectivity index (χ1) is 13.0. The Balaban J connectivity index is 1.55. The summed E-state index contributed by atoms with van der Waals surface area (Å²) in [4.78, 5) is 43.2. The van der Waals surface area contributed by atoms with Gasteiger partial charge in [0, 0.05) is 13.2 Å². The predicted molar refractivity (Wildman–Crippen MR) is 104 cm³/mol. The number of nitrogens with one attached hydrogen (secondary N) is 3. The molecule has 2 aromatic rings. The maximum absolute atomic E-state index is 12.2. The largest absolute Gasteiger partial charge is 0.382 e. The van der Waals surface area contributed by atoms with Crippen LogP contribution in [-0.2, 0) is 9.53 Å². The van der Waals surface area contributed by atoms with Crippen molar-refractivity contribution in [3.05, 3.63) is 32.7 Å². The summed E-state index contributed by atoms with van der Waals surface area (Å²) >= 11 is 2.30. The highest BCUT2D eigenvalue weighted by Crippen LogP contribution is 2.18. The molecule has 1 aliphatic heterocycles. The van der Waals surface area contributed by atoms with Crippen molar-refractivity contribution in [3.8, 4) is 0 Å². The number of amides is 2. The molecule has 3 rings (SSSR count). The van der Waals surface area contributed by atoms with Crippen LogP contribution in [-0.4, -0.2) is 46.8 Å². The monoisotopic (exact) mass is 409 g/mol. The van der Waals surface area contributed by atoms with E-state index in [4.69, 9.17) is 10.5 Å². The number of thioether (sulfide) groups is 1. The third-order valence-electron chi connectivity index (χ3n) is 3.80. The van der Waals surface area contributed by atoms with E-state index in [2.05, 4.69) is 20.6 Å². The van der Waals surface area contributed by atoms with E-state index in [1.54, 1.807) is 17.5 Å². The number of hydrogen-bond donors (Lipinski definition) is 4. The molecule has 1 fully saturated rings. The van der Waals surface area contributed by atoms with E-state index in [-0.39, 0.29) is 34.4 Å². The molecule has 1 atom stereocenters. The van der Waals surface area contributed by atoms with Crippen LogP contribution >= 0.6 is 23.1 Å². The third kappa shape index (κ3) is 5.31. The molecule has 11 heteroatoms. The number of carbonyl (C=O) groups is 2. The molecule has 0 aromatic carbocycles. The van der Waals surface area contributed by atoms with Crippen molar-refractivity contribution in [2.24, 2.45) is 0 Å². The van der Waals surface area contributed by atoms with E-state index in [1.165, 1.54) is 11.3 Å². The summed E-state index contributed by atoms with van der Waals surface area (Å²) < 4.78 is 5.44. The average Bonchev–Trinajstić information content (AvgIpc) is 3.34. The lowest BCUT2D eigenvalue weighted by Crippen LogP contribution is -2.33. The van der Waals surface area contributed by atoms with E-state index < -0.39 is 11.5 Å². The lowest BCUT2D eigenvalue weighted by atomic mass is 10.2. The Morgan fingerprint density at radius 2 is 2.33 bits per heavy atom. The standard InChI is InChI=1S/C16H19N5O4S2/c17-13-12(19-14(23)10-4-2-6-26-10)15(24)21-16(20-13)27-8-11(22)18-7-9-3-1-5-25-9/h2,4,6,9H,1,3,5,7-8H2,(H,18,22)(H,19,23)(H3,17,20,21,24)/t9-/m0/s1. The summed E-state index contributed by atoms with van der Waals surface area (Å²) in [6.07, 6.45) is 2.02. The summed E-state index contributed by atoms with van der Waals surface area (Å²) in [6.45, 7) is 1.20. The number of ether oxygens (including phenoxy) is 1. The maximum atomic E-state index is 12.2. The van der Waals surface area contributed by atoms with Gasteiger partial charge in [-0.2, -0.15) is 0 Å². The van der Waals surface area contributed by atoms with Gasteiger partial charge < -0.3 is 21.1 Å². The molecule has 1 aliphatic rings. The molecule has 9 nitrogen and oxygen atoms in total. The highest BCUT2D eigenvalue weighted by Gasteiger charge is 2.17. The predicted octanol–water partition coefficient (Wildman–Crippen LogP) is 1.05. The first-order valence-corrected chi connectivity index (χ1v) is 10.1. The Morgan fingerprint density at radius 1 is 1.48 bits per heavy atom. The number of hydrogen-bond acceptors (Lipinski definition) is 8. The summed E-state index contributed by atoms with van der Waals surface area (Å²) in [5, 5.41) is 7.21. The third-order valence-corrected chi connectivity index (χ3v) is 5.54. The topological polar surface area (TPSA) is 139 Å². The number of anilines is 2. The normalized spacial score (nSPS) is 16.2. The summed E-state index contributed by atoms with van der Waals surface area (Å²) in [6, 6.07) is 3.37. The van der Waals surface area contributed by atoms with Crippen LogP contribution in [0.4, 0.5) is 11.5 Å². The number of aromatic amines is 1. The van der Waals surface area contributed by atoms with Crippen LogP contribution in [0.15, 0.2) is 27.5 Å². The summed E-state index contributed by atoms with van der Waals surface area (Å²) in [7, 11) is 0. The lowest BCUT2D eigenvalue weighted by molar-refractivity contribution is -0.119. The van der Waals surface area contributed by atoms with Gasteiger partial charge in [-0.3, -0.25) is 19.4 Å². The van der Waals surface area contributed by atoms with Crippen LogP contribution in [0.1, 0.15) is 22.5 Å². The van der Waals surface area contributed by atoms with E-state index >= 15 is 0 Å². The molecule has 0 aliphatic carbocycles. The summed E-state index contributed by atoms with van der Waals surface area (Å²) in [5.74, 6) is -0.647. The van der Waals surface area contributed by atoms with Crippen molar-refractivity contribution >= 4 is 46.4 Å². The fourth-order valence-electron chi connectivity index (χ4n) is 2.46. The maximum Gasteiger partial charge on any atom is 0.277 e. The quantitative estimate of drug-likeness (QED) is 0.396. The van der Waals surface area contributed by atoms with Gasteiger partial charge in [-0.15, -0.1) is 11.3 Å². The number of rotatable bonds is 7. The molecule has 5 N–H and O–H groups in total.